The number of aliphatic hydroxyl groups excluding tert-OH is 1. The molecule has 0 aliphatic carbocycles. The molecule has 0 bridgehead atoms. The average molecular weight is 399 g/mol. The summed E-state index contributed by atoms with van der Waals surface area (Å²) in [4.78, 5) is 0. The Labute approximate surface area is 167 Å². The summed E-state index contributed by atoms with van der Waals surface area (Å²) in [7, 11) is 0. The Balaban J connectivity index is 1.77. The van der Waals surface area contributed by atoms with E-state index in [1.165, 1.54) is 0 Å². The van der Waals surface area contributed by atoms with Crippen molar-refractivity contribution in [2.75, 3.05) is 6.61 Å². The number of benzene rings is 2. The lowest BCUT2D eigenvalue weighted by atomic mass is 9.87. The van der Waals surface area contributed by atoms with Gasteiger partial charge in [-0.15, -0.1) is 0 Å². The first-order valence-corrected chi connectivity index (χ1v) is 8.90. The van der Waals surface area contributed by atoms with Crippen LogP contribution in [0.15, 0.2) is 42.5 Å². The van der Waals surface area contributed by atoms with Crippen molar-refractivity contribution in [3.63, 3.8) is 0 Å². The minimum Gasteiger partial charge on any atom is -0.489 e. The molecule has 1 fully saturated rings. The third-order valence-electron chi connectivity index (χ3n) is 4.51. The van der Waals surface area contributed by atoms with Gasteiger partial charge in [0.2, 0.25) is 0 Å². The van der Waals surface area contributed by atoms with Gasteiger partial charge in [-0.2, -0.15) is 10.5 Å². The molecule has 3 unspecified atom stereocenters. The standard InChI is InChI=1S/C20H15ClN2O3S/c1-20(11-25-15-6-2-12(9-22)3-7-15)18(24)17(19(27)26-20)13-4-5-14(10-23)16(21)8-13/h2-8,17-18,24H,11H2,1H3. The van der Waals surface area contributed by atoms with Gasteiger partial charge >= 0.3 is 0 Å². The maximum absolute atomic E-state index is 10.9. The summed E-state index contributed by atoms with van der Waals surface area (Å²) in [5, 5.41) is 29.3. The minimum atomic E-state index is -1.05. The van der Waals surface area contributed by atoms with E-state index >= 15 is 0 Å². The van der Waals surface area contributed by atoms with Crippen molar-refractivity contribution in [1.29, 1.82) is 10.5 Å². The minimum absolute atomic E-state index is 0.0702. The third-order valence-corrected chi connectivity index (χ3v) is 5.16. The molecule has 2 aromatic carbocycles. The van der Waals surface area contributed by atoms with Crippen LogP contribution in [-0.4, -0.2) is 28.5 Å². The molecule has 1 aliphatic rings. The number of nitrogens with zero attached hydrogens (tertiary/aromatic N) is 2. The quantitative estimate of drug-likeness (QED) is 0.790. The van der Waals surface area contributed by atoms with Crippen LogP contribution in [-0.2, 0) is 4.74 Å². The Morgan fingerprint density at radius 1 is 1.22 bits per heavy atom. The van der Waals surface area contributed by atoms with Gasteiger partial charge in [0.1, 0.15) is 24.5 Å². The molecule has 2 aromatic rings. The summed E-state index contributed by atoms with van der Waals surface area (Å²) in [6, 6.07) is 15.6. The SMILES string of the molecule is CC1(COc2ccc(C#N)cc2)OC(=S)C(c2ccc(C#N)c(Cl)c2)C1O. The van der Waals surface area contributed by atoms with Crippen molar-refractivity contribution in [2.24, 2.45) is 0 Å². The second kappa shape index (κ2) is 7.54. The lowest BCUT2D eigenvalue weighted by Gasteiger charge is -2.27. The van der Waals surface area contributed by atoms with Crippen molar-refractivity contribution in [3.8, 4) is 17.9 Å². The van der Waals surface area contributed by atoms with E-state index in [0.29, 0.717) is 27.5 Å². The summed E-state index contributed by atoms with van der Waals surface area (Å²) in [6.45, 7) is 1.79. The topological polar surface area (TPSA) is 86.3 Å². The molecule has 1 N–H and O–H groups in total. The number of aliphatic hydroxyl groups is 1. The molecule has 3 rings (SSSR count). The zero-order chi connectivity index (χ0) is 19.6. The van der Waals surface area contributed by atoms with E-state index in [1.54, 1.807) is 49.4 Å². The van der Waals surface area contributed by atoms with E-state index in [-0.39, 0.29) is 11.7 Å². The van der Waals surface area contributed by atoms with E-state index in [0.717, 1.165) is 0 Å². The second-order valence-electron chi connectivity index (χ2n) is 6.43. The molecular formula is C20H15ClN2O3S. The van der Waals surface area contributed by atoms with Crippen LogP contribution >= 0.6 is 23.8 Å². The molecule has 0 amide bonds. The highest BCUT2D eigenvalue weighted by Crippen LogP contribution is 2.40. The molecule has 0 aromatic heterocycles. The summed E-state index contributed by atoms with van der Waals surface area (Å²) < 4.78 is 11.5. The smallest absolute Gasteiger partial charge is 0.171 e. The first-order chi connectivity index (χ1) is 12.9. The van der Waals surface area contributed by atoms with Crippen LogP contribution in [0.25, 0.3) is 0 Å². The van der Waals surface area contributed by atoms with Crippen LogP contribution in [0.4, 0.5) is 0 Å². The summed E-state index contributed by atoms with van der Waals surface area (Å²) in [5.41, 5.74) is 0.519. The first kappa shape index (κ1) is 19.1. The van der Waals surface area contributed by atoms with Crippen molar-refractivity contribution in [2.45, 2.75) is 24.5 Å². The van der Waals surface area contributed by atoms with Crippen LogP contribution in [0.3, 0.4) is 0 Å². The number of thiocarbonyl (C=S) groups is 1. The number of nitriles is 2. The Bertz CT molecular complexity index is 965. The molecule has 136 valence electrons. The van der Waals surface area contributed by atoms with Crippen LogP contribution in [0, 0.1) is 22.7 Å². The molecule has 3 atom stereocenters. The highest BCUT2D eigenvalue weighted by Gasteiger charge is 2.51. The van der Waals surface area contributed by atoms with Gasteiger partial charge in [-0.1, -0.05) is 17.7 Å². The van der Waals surface area contributed by atoms with Gasteiger partial charge in [-0.25, -0.2) is 0 Å². The van der Waals surface area contributed by atoms with Gasteiger partial charge in [0.25, 0.3) is 0 Å². The number of hydrogen-bond acceptors (Lipinski definition) is 6. The zero-order valence-electron chi connectivity index (χ0n) is 14.3. The lowest BCUT2D eigenvalue weighted by molar-refractivity contribution is -0.0429. The first-order valence-electron chi connectivity index (χ1n) is 8.11. The molecular weight excluding hydrogens is 384 g/mol. The third kappa shape index (κ3) is 3.74. The van der Waals surface area contributed by atoms with Crippen LogP contribution in [0.5, 0.6) is 5.75 Å². The van der Waals surface area contributed by atoms with E-state index in [1.807, 2.05) is 12.1 Å². The molecule has 0 spiro atoms. The van der Waals surface area contributed by atoms with Gasteiger partial charge in [-0.05, 0) is 61.1 Å². The van der Waals surface area contributed by atoms with Crippen molar-refractivity contribution >= 4 is 28.9 Å². The zero-order valence-corrected chi connectivity index (χ0v) is 15.9. The largest absolute Gasteiger partial charge is 0.489 e. The molecule has 27 heavy (non-hydrogen) atoms. The lowest BCUT2D eigenvalue weighted by Crippen LogP contribution is -2.43. The van der Waals surface area contributed by atoms with Gasteiger partial charge in [0.15, 0.2) is 10.7 Å². The average Bonchev–Trinajstić information content (AvgIpc) is 2.89. The molecule has 0 saturated carbocycles. The molecule has 7 heteroatoms. The maximum atomic E-state index is 10.9. The highest BCUT2D eigenvalue weighted by atomic mass is 35.5. The van der Waals surface area contributed by atoms with Gasteiger partial charge in [0, 0.05) is 0 Å². The summed E-state index contributed by atoms with van der Waals surface area (Å²) >= 11 is 11.4. The van der Waals surface area contributed by atoms with Gasteiger partial charge in [-0.3, -0.25) is 0 Å². The number of hydrogen-bond donors (Lipinski definition) is 1. The summed E-state index contributed by atoms with van der Waals surface area (Å²) in [6.07, 6.45) is -0.951. The van der Waals surface area contributed by atoms with Crippen LogP contribution in [0.1, 0.15) is 29.5 Å². The molecule has 0 radical (unpaired) electrons. The Morgan fingerprint density at radius 2 is 1.93 bits per heavy atom. The van der Waals surface area contributed by atoms with E-state index < -0.39 is 17.6 Å². The molecule has 1 saturated heterocycles. The van der Waals surface area contributed by atoms with Crippen molar-refractivity contribution in [3.05, 3.63) is 64.2 Å². The van der Waals surface area contributed by atoms with Crippen molar-refractivity contribution < 1.29 is 14.6 Å². The number of ether oxygens (including phenoxy) is 2. The molecule has 1 aliphatic heterocycles. The van der Waals surface area contributed by atoms with Gasteiger partial charge in [0.05, 0.1) is 28.1 Å². The predicted octanol–water partition coefficient (Wildman–Crippen LogP) is 3.72. The Morgan fingerprint density at radius 3 is 2.52 bits per heavy atom. The summed E-state index contributed by atoms with van der Waals surface area (Å²) in [5.74, 6) is 0.00150. The monoisotopic (exact) mass is 398 g/mol. The predicted molar refractivity (Wildman–Crippen MR) is 104 cm³/mol. The fraction of sp³-hybridized carbons (Fsp3) is 0.250. The number of halogens is 1. The Hall–Kier alpha value is -2.64. The van der Waals surface area contributed by atoms with Crippen LogP contribution < -0.4 is 4.74 Å². The van der Waals surface area contributed by atoms with Gasteiger partial charge < -0.3 is 14.6 Å². The second-order valence-corrected chi connectivity index (χ2v) is 7.24. The molecule has 5 nitrogen and oxygen atoms in total. The van der Waals surface area contributed by atoms with E-state index in [4.69, 9.17) is 43.8 Å². The van der Waals surface area contributed by atoms with E-state index in [2.05, 4.69) is 0 Å². The van der Waals surface area contributed by atoms with Crippen LogP contribution in [0.2, 0.25) is 5.02 Å². The normalized spacial score (nSPS) is 24.0. The Kier molecular flexibility index (Phi) is 5.34. The fourth-order valence-corrected chi connectivity index (χ4v) is 3.62. The molecule has 1 heterocycles. The fourth-order valence-electron chi connectivity index (χ4n) is 2.94. The number of rotatable bonds is 4. The van der Waals surface area contributed by atoms with E-state index in [9.17, 15) is 5.11 Å². The van der Waals surface area contributed by atoms with Crippen molar-refractivity contribution in [1.82, 2.24) is 0 Å². The maximum Gasteiger partial charge on any atom is 0.171 e. The highest BCUT2D eigenvalue weighted by molar-refractivity contribution is 7.80.